The summed E-state index contributed by atoms with van der Waals surface area (Å²) in [6, 6.07) is 18.6. The molecule has 4 rings (SSSR count). The first kappa shape index (κ1) is 20.8. The Hall–Kier alpha value is -2.45. The number of thioether (sulfide) groups is 1. The summed E-state index contributed by atoms with van der Waals surface area (Å²) in [6.07, 6.45) is 0.897. The minimum absolute atomic E-state index is 0.217. The van der Waals surface area contributed by atoms with Crippen LogP contribution in [0.2, 0.25) is 0 Å². The van der Waals surface area contributed by atoms with Gasteiger partial charge < -0.3 is 8.98 Å². The Morgan fingerprint density at radius 1 is 0.967 bits per heavy atom. The first-order chi connectivity index (χ1) is 14.6. The van der Waals surface area contributed by atoms with Crippen LogP contribution in [0.25, 0.3) is 11.4 Å². The van der Waals surface area contributed by atoms with Crippen molar-refractivity contribution in [2.24, 2.45) is 0 Å². The van der Waals surface area contributed by atoms with Gasteiger partial charge in [-0.3, -0.25) is 0 Å². The molecule has 0 N–H and O–H groups in total. The lowest BCUT2D eigenvalue weighted by molar-refractivity contribution is 0.445. The van der Waals surface area contributed by atoms with Gasteiger partial charge in [-0.05, 0) is 24.1 Å². The van der Waals surface area contributed by atoms with Crippen molar-refractivity contribution in [1.82, 2.24) is 25.0 Å². The average Bonchev–Trinajstić information content (AvgIpc) is 3.39. The Balaban J connectivity index is 1.57. The van der Waals surface area contributed by atoms with Crippen molar-refractivity contribution in [3.63, 3.8) is 0 Å². The second-order valence-corrected chi connectivity index (χ2v) is 9.04. The molecule has 0 radical (unpaired) electrons. The molecule has 0 amide bonds. The van der Waals surface area contributed by atoms with Crippen molar-refractivity contribution in [3.05, 3.63) is 76.4 Å². The SMILES string of the molecule is CC(C)c1nnc(CSc2nnc(-c3ccc(Br)cc3)n2CCc2ccccc2)o1. The maximum absolute atomic E-state index is 5.73. The summed E-state index contributed by atoms with van der Waals surface area (Å²) in [5.74, 6) is 2.89. The number of nitrogens with zero attached hydrogens (tertiary/aromatic N) is 5. The van der Waals surface area contributed by atoms with E-state index in [0.717, 1.165) is 34.0 Å². The van der Waals surface area contributed by atoms with Crippen molar-refractivity contribution >= 4 is 27.7 Å². The molecule has 0 saturated heterocycles. The van der Waals surface area contributed by atoms with Gasteiger partial charge in [-0.15, -0.1) is 20.4 Å². The van der Waals surface area contributed by atoms with E-state index in [1.165, 1.54) is 5.56 Å². The maximum Gasteiger partial charge on any atom is 0.226 e. The number of hydrogen-bond acceptors (Lipinski definition) is 6. The van der Waals surface area contributed by atoms with Crippen LogP contribution in [-0.4, -0.2) is 25.0 Å². The molecule has 0 saturated carbocycles. The van der Waals surface area contributed by atoms with Crippen molar-refractivity contribution < 1.29 is 4.42 Å². The molecular formula is C22H22BrN5OS. The first-order valence-corrected chi connectivity index (χ1v) is 11.6. The van der Waals surface area contributed by atoms with Crippen molar-refractivity contribution in [2.45, 2.75) is 43.6 Å². The highest BCUT2D eigenvalue weighted by Crippen LogP contribution is 2.28. The highest BCUT2D eigenvalue weighted by Gasteiger charge is 2.17. The van der Waals surface area contributed by atoms with Crippen LogP contribution in [0.4, 0.5) is 0 Å². The Kier molecular flexibility index (Phi) is 6.64. The third-order valence-electron chi connectivity index (χ3n) is 4.59. The van der Waals surface area contributed by atoms with Gasteiger partial charge in [0.2, 0.25) is 11.8 Å². The first-order valence-electron chi connectivity index (χ1n) is 9.78. The summed E-state index contributed by atoms with van der Waals surface area (Å²) >= 11 is 5.06. The van der Waals surface area contributed by atoms with Crippen molar-refractivity contribution in [3.8, 4) is 11.4 Å². The zero-order chi connectivity index (χ0) is 20.9. The van der Waals surface area contributed by atoms with E-state index in [9.17, 15) is 0 Å². The normalized spacial score (nSPS) is 11.3. The minimum atomic E-state index is 0.217. The predicted octanol–water partition coefficient (Wildman–Crippen LogP) is 5.75. The van der Waals surface area contributed by atoms with Gasteiger partial charge in [0, 0.05) is 22.5 Å². The molecule has 2 heterocycles. The van der Waals surface area contributed by atoms with Crippen LogP contribution in [-0.2, 0) is 18.7 Å². The Labute approximate surface area is 188 Å². The summed E-state index contributed by atoms with van der Waals surface area (Å²) < 4.78 is 8.94. The summed E-state index contributed by atoms with van der Waals surface area (Å²) in [4.78, 5) is 0. The summed E-state index contributed by atoms with van der Waals surface area (Å²) in [5.41, 5.74) is 2.31. The van der Waals surface area contributed by atoms with Crippen LogP contribution >= 0.6 is 27.7 Å². The zero-order valence-corrected chi connectivity index (χ0v) is 19.2. The molecule has 0 aliphatic carbocycles. The van der Waals surface area contributed by atoms with Gasteiger partial charge in [-0.25, -0.2) is 0 Å². The van der Waals surface area contributed by atoms with Crippen LogP contribution in [0, 0.1) is 0 Å². The second kappa shape index (κ2) is 9.57. The summed E-state index contributed by atoms with van der Waals surface area (Å²) in [7, 11) is 0. The Morgan fingerprint density at radius 2 is 1.73 bits per heavy atom. The largest absolute Gasteiger partial charge is 0.424 e. The molecule has 8 heteroatoms. The van der Waals surface area contributed by atoms with Gasteiger partial charge in [0.05, 0.1) is 5.75 Å². The van der Waals surface area contributed by atoms with Crippen LogP contribution in [0.3, 0.4) is 0 Å². The number of rotatable bonds is 8. The van der Waals surface area contributed by atoms with Crippen LogP contribution in [0.1, 0.15) is 37.1 Å². The van der Waals surface area contributed by atoms with E-state index in [2.05, 4.69) is 77.3 Å². The number of aromatic nitrogens is 5. The molecule has 0 atom stereocenters. The van der Waals surface area contributed by atoms with E-state index in [1.54, 1.807) is 11.8 Å². The van der Waals surface area contributed by atoms with E-state index in [1.807, 2.05) is 32.0 Å². The number of benzene rings is 2. The molecule has 0 unspecified atom stereocenters. The third kappa shape index (κ3) is 4.99. The molecule has 30 heavy (non-hydrogen) atoms. The van der Waals surface area contributed by atoms with Crippen LogP contribution < -0.4 is 0 Å². The number of aryl methyl sites for hydroxylation is 1. The van der Waals surface area contributed by atoms with Gasteiger partial charge in [0.1, 0.15) is 0 Å². The standard InChI is InChI=1S/C22H22BrN5OS/c1-15(2)21-26-24-19(29-21)14-30-22-27-25-20(17-8-10-18(23)11-9-17)28(22)13-12-16-6-4-3-5-7-16/h3-11,15H,12-14H2,1-2H3. The molecule has 0 fully saturated rings. The molecular weight excluding hydrogens is 462 g/mol. The van der Waals surface area contributed by atoms with Crippen LogP contribution in [0.15, 0.2) is 68.6 Å². The molecule has 0 spiro atoms. The highest BCUT2D eigenvalue weighted by atomic mass is 79.9. The predicted molar refractivity (Wildman–Crippen MR) is 121 cm³/mol. The van der Waals surface area contributed by atoms with Gasteiger partial charge in [-0.2, -0.15) is 0 Å². The van der Waals surface area contributed by atoms with E-state index in [-0.39, 0.29) is 5.92 Å². The smallest absolute Gasteiger partial charge is 0.226 e. The number of halogens is 1. The molecule has 0 aliphatic rings. The van der Waals surface area contributed by atoms with Crippen molar-refractivity contribution in [2.75, 3.05) is 0 Å². The number of hydrogen-bond donors (Lipinski definition) is 0. The topological polar surface area (TPSA) is 69.6 Å². The van der Waals surface area contributed by atoms with E-state index in [4.69, 9.17) is 4.42 Å². The molecule has 2 aromatic heterocycles. The van der Waals surface area contributed by atoms with E-state index in [0.29, 0.717) is 17.5 Å². The quantitative estimate of drug-likeness (QED) is 0.297. The van der Waals surface area contributed by atoms with E-state index >= 15 is 0 Å². The molecule has 154 valence electrons. The fourth-order valence-corrected chi connectivity index (χ4v) is 4.05. The fourth-order valence-electron chi connectivity index (χ4n) is 2.98. The highest BCUT2D eigenvalue weighted by molar-refractivity contribution is 9.10. The fraction of sp³-hybridized carbons (Fsp3) is 0.273. The second-order valence-electron chi connectivity index (χ2n) is 7.18. The monoisotopic (exact) mass is 483 g/mol. The molecule has 6 nitrogen and oxygen atoms in total. The van der Waals surface area contributed by atoms with Gasteiger partial charge in [-0.1, -0.05) is 84.0 Å². The lowest BCUT2D eigenvalue weighted by atomic mass is 10.1. The molecule has 4 aromatic rings. The van der Waals surface area contributed by atoms with Crippen molar-refractivity contribution in [1.29, 1.82) is 0 Å². The summed E-state index contributed by atoms with van der Waals surface area (Å²) in [5, 5.41) is 18.0. The van der Waals surface area contributed by atoms with Gasteiger partial charge in [0.15, 0.2) is 11.0 Å². The van der Waals surface area contributed by atoms with E-state index < -0.39 is 0 Å². The molecule has 0 bridgehead atoms. The third-order valence-corrected chi connectivity index (χ3v) is 6.07. The minimum Gasteiger partial charge on any atom is -0.424 e. The van der Waals surface area contributed by atoms with Gasteiger partial charge >= 0.3 is 0 Å². The Morgan fingerprint density at radius 3 is 2.43 bits per heavy atom. The Bertz CT molecular complexity index is 1090. The van der Waals surface area contributed by atoms with Gasteiger partial charge in [0.25, 0.3) is 0 Å². The lowest BCUT2D eigenvalue weighted by Crippen LogP contribution is -2.05. The van der Waals surface area contributed by atoms with Crippen LogP contribution in [0.5, 0.6) is 0 Å². The lowest BCUT2D eigenvalue weighted by Gasteiger charge is -2.10. The molecule has 2 aromatic carbocycles. The zero-order valence-electron chi connectivity index (χ0n) is 16.8. The average molecular weight is 484 g/mol. The summed E-state index contributed by atoms with van der Waals surface area (Å²) in [6.45, 7) is 4.86. The molecule has 0 aliphatic heterocycles. The maximum atomic E-state index is 5.73.